The van der Waals surface area contributed by atoms with Crippen molar-refractivity contribution in [1.82, 2.24) is 0 Å². The Balaban J connectivity index is 2.60. The summed E-state index contributed by atoms with van der Waals surface area (Å²) in [5.74, 6) is 0.613. The van der Waals surface area contributed by atoms with Crippen LogP contribution in [0.25, 0.3) is 0 Å². The molecule has 1 nitrogen and oxygen atoms in total. The second-order valence-electron chi connectivity index (χ2n) is 1.01. The van der Waals surface area contributed by atoms with Crippen molar-refractivity contribution >= 4 is 11.6 Å². The summed E-state index contributed by atoms with van der Waals surface area (Å²) in [7, 11) is 0. The lowest BCUT2D eigenvalue weighted by atomic mass is 10.5. The van der Waals surface area contributed by atoms with E-state index in [0.29, 0.717) is 12.5 Å². The predicted octanol–water partition coefficient (Wildman–Crippen LogP) is 1.22. The van der Waals surface area contributed by atoms with Crippen LogP contribution in [-0.2, 0) is 4.74 Å². The second kappa shape index (κ2) is 5.65. The highest BCUT2D eigenvalue weighted by atomic mass is 35.5. The molecule has 40 valence electrons. The van der Waals surface area contributed by atoms with Crippen LogP contribution in [0.1, 0.15) is 6.42 Å². The molecule has 0 heterocycles. The van der Waals surface area contributed by atoms with Gasteiger partial charge in [-0.15, -0.1) is 11.6 Å². The number of hydrogen-bond donors (Lipinski definition) is 0. The average Bonchev–Trinajstić information content (AvgIpc) is 1.69. The molecule has 0 radical (unpaired) electrons. The van der Waals surface area contributed by atoms with E-state index >= 15 is 0 Å². The fourth-order valence-corrected chi connectivity index (χ4v) is 0.295. The Morgan fingerprint density at radius 2 is 2.43 bits per heavy atom. The first kappa shape index (κ1) is 6.65. The first-order valence-electron chi connectivity index (χ1n) is 2.05. The zero-order chi connectivity index (χ0) is 5.54. The van der Waals surface area contributed by atoms with Gasteiger partial charge in [-0.05, 0) is 6.42 Å². The lowest BCUT2D eigenvalue weighted by molar-refractivity contribution is 0.279. The smallest absolute Gasteiger partial charge is 0.106 e. The van der Waals surface area contributed by atoms with Crippen molar-refractivity contribution in [3.05, 3.63) is 0 Å². The van der Waals surface area contributed by atoms with E-state index in [2.05, 4.69) is 4.74 Å². The maximum Gasteiger partial charge on any atom is 0.106 e. The van der Waals surface area contributed by atoms with Crippen molar-refractivity contribution < 1.29 is 4.74 Å². The van der Waals surface area contributed by atoms with Gasteiger partial charge in [-0.2, -0.15) is 0 Å². The summed E-state index contributed by atoms with van der Waals surface area (Å²) in [6.07, 6.45) is 7.62. The zero-order valence-electron chi connectivity index (χ0n) is 3.98. The number of terminal acetylenes is 1. The molecular weight excluding hydrogens is 112 g/mol. The minimum atomic E-state index is 0.569. The third-order valence-corrected chi connectivity index (χ3v) is 0.731. The molecule has 2 heteroatoms. The molecule has 0 N–H and O–H groups in total. The van der Waals surface area contributed by atoms with E-state index in [0.717, 1.165) is 6.42 Å². The van der Waals surface area contributed by atoms with E-state index in [1.54, 1.807) is 0 Å². The molecule has 0 unspecified atom stereocenters. The summed E-state index contributed by atoms with van der Waals surface area (Å²) in [4.78, 5) is 0. The summed E-state index contributed by atoms with van der Waals surface area (Å²) >= 11 is 5.29. The maximum atomic E-state index is 5.29. The van der Waals surface area contributed by atoms with Crippen molar-refractivity contribution in [3.63, 3.8) is 0 Å². The van der Waals surface area contributed by atoms with Gasteiger partial charge in [-0.1, -0.05) is 6.42 Å². The number of halogens is 1. The number of hydrogen-bond acceptors (Lipinski definition) is 1. The fourth-order valence-electron chi connectivity index (χ4n) is 0.186. The van der Waals surface area contributed by atoms with Crippen LogP contribution in [0.4, 0.5) is 0 Å². The Bertz CT molecular complexity index is 65.0. The van der Waals surface area contributed by atoms with Crippen molar-refractivity contribution in [3.8, 4) is 12.5 Å². The largest absolute Gasteiger partial charge is 0.447 e. The minimum Gasteiger partial charge on any atom is -0.447 e. The quantitative estimate of drug-likeness (QED) is 0.308. The van der Waals surface area contributed by atoms with Gasteiger partial charge in [0.15, 0.2) is 0 Å². The highest BCUT2D eigenvalue weighted by Gasteiger charge is 1.78. The molecule has 0 rings (SSSR count). The highest BCUT2D eigenvalue weighted by molar-refractivity contribution is 6.17. The molecule has 0 saturated carbocycles. The van der Waals surface area contributed by atoms with Crippen LogP contribution in [-0.4, -0.2) is 12.5 Å². The molecule has 0 fully saturated rings. The normalized spacial score (nSPS) is 7.43. The maximum absolute atomic E-state index is 5.29. The minimum absolute atomic E-state index is 0.569. The van der Waals surface area contributed by atoms with Gasteiger partial charge in [-0.25, -0.2) is 0 Å². The molecule has 0 bridgehead atoms. The molecule has 0 amide bonds. The Hall–Kier alpha value is -0.350. The van der Waals surface area contributed by atoms with Gasteiger partial charge in [0.05, 0.1) is 0 Å². The van der Waals surface area contributed by atoms with Crippen LogP contribution >= 0.6 is 11.6 Å². The van der Waals surface area contributed by atoms with Crippen molar-refractivity contribution in [1.29, 1.82) is 0 Å². The van der Waals surface area contributed by atoms with Gasteiger partial charge in [-0.3, -0.25) is 0 Å². The Kier molecular flexibility index (Phi) is 5.37. The van der Waals surface area contributed by atoms with E-state index in [9.17, 15) is 0 Å². The molecule has 0 aromatic heterocycles. The number of ether oxygens (including phenoxy) is 1. The highest BCUT2D eigenvalue weighted by Crippen LogP contribution is 1.83. The molecular formula is C5H7ClO. The van der Waals surface area contributed by atoms with Crippen molar-refractivity contribution in [2.24, 2.45) is 0 Å². The van der Waals surface area contributed by atoms with Crippen molar-refractivity contribution in [2.75, 3.05) is 12.5 Å². The van der Waals surface area contributed by atoms with E-state index in [1.807, 2.05) is 6.11 Å². The van der Waals surface area contributed by atoms with Gasteiger partial charge in [0.25, 0.3) is 0 Å². The molecule has 0 aromatic rings. The molecule has 0 aliphatic heterocycles. The van der Waals surface area contributed by atoms with Gasteiger partial charge >= 0.3 is 0 Å². The van der Waals surface area contributed by atoms with Gasteiger partial charge in [0.1, 0.15) is 12.7 Å². The molecule has 0 aliphatic carbocycles. The van der Waals surface area contributed by atoms with E-state index in [1.165, 1.54) is 0 Å². The first-order chi connectivity index (χ1) is 3.41. The van der Waals surface area contributed by atoms with E-state index in [4.69, 9.17) is 18.0 Å². The second-order valence-corrected chi connectivity index (χ2v) is 1.39. The third kappa shape index (κ3) is 5.65. The monoisotopic (exact) mass is 118 g/mol. The Morgan fingerprint density at radius 1 is 1.71 bits per heavy atom. The zero-order valence-corrected chi connectivity index (χ0v) is 4.74. The Labute approximate surface area is 48.6 Å². The lowest BCUT2D eigenvalue weighted by Gasteiger charge is -1.89. The molecule has 0 saturated heterocycles. The molecule has 0 spiro atoms. The predicted molar refractivity (Wildman–Crippen MR) is 30.1 cm³/mol. The summed E-state index contributed by atoms with van der Waals surface area (Å²) < 4.78 is 4.52. The summed E-state index contributed by atoms with van der Waals surface area (Å²) in [5.41, 5.74) is 0. The third-order valence-electron chi connectivity index (χ3n) is 0.463. The number of rotatable bonds is 3. The van der Waals surface area contributed by atoms with Crippen LogP contribution in [0, 0.1) is 12.5 Å². The van der Waals surface area contributed by atoms with Crippen LogP contribution in [0.5, 0.6) is 0 Å². The van der Waals surface area contributed by atoms with Crippen LogP contribution in [0.15, 0.2) is 0 Å². The van der Waals surface area contributed by atoms with Crippen molar-refractivity contribution in [2.45, 2.75) is 6.42 Å². The van der Waals surface area contributed by atoms with Gasteiger partial charge in [0, 0.05) is 5.88 Å². The van der Waals surface area contributed by atoms with Gasteiger partial charge < -0.3 is 4.74 Å². The van der Waals surface area contributed by atoms with E-state index < -0.39 is 0 Å². The van der Waals surface area contributed by atoms with E-state index in [-0.39, 0.29) is 0 Å². The standard InChI is InChI=1S/C5H7ClO/c1-2-7-5-3-4-6/h1H,3-5H2. The average molecular weight is 119 g/mol. The molecule has 0 aromatic carbocycles. The van der Waals surface area contributed by atoms with Crippen LogP contribution < -0.4 is 0 Å². The Morgan fingerprint density at radius 3 is 2.86 bits per heavy atom. The summed E-state index contributed by atoms with van der Waals surface area (Å²) in [6.45, 7) is 0.569. The topological polar surface area (TPSA) is 9.23 Å². The summed E-state index contributed by atoms with van der Waals surface area (Å²) in [5, 5.41) is 0. The lowest BCUT2D eigenvalue weighted by Crippen LogP contribution is -1.86. The van der Waals surface area contributed by atoms with Crippen LogP contribution in [0.3, 0.4) is 0 Å². The fraction of sp³-hybridized carbons (Fsp3) is 0.600. The molecule has 0 aliphatic rings. The molecule has 7 heavy (non-hydrogen) atoms. The molecule has 0 atom stereocenters. The van der Waals surface area contributed by atoms with Crippen LogP contribution in [0.2, 0.25) is 0 Å². The first-order valence-corrected chi connectivity index (χ1v) is 2.58. The SMILES string of the molecule is C#COCCCCl. The van der Waals surface area contributed by atoms with Gasteiger partial charge in [0.2, 0.25) is 0 Å². The summed E-state index contributed by atoms with van der Waals surface area (Å²) in [6, 6.07) is 0. The number of alkyl halides is 1.